The van der Waals surface area contributed by atoms with E-state index in [0.717, 1.165) is 43.2 Å². The van der Waals surface area contributed by atoms with Gasteiger partial charge in [0.1, 0.15) is 0 Å². The zero-order chi connectivity index (χ0) is 19.4. The number of carbonyl (C=O) groups excluding carboxylic acids is 1. The van der Waals surface area contributed by atoms with Crippen molar-refractivity contribution in [2.45, 2.75) is 38.0 Å². The van der Waals surface area contributed by atoms with Crippen molar-refractivity contribution in [1.82, 2.24) is 20.0 Å². The van der Waals surface area contributed by atoms with Crippen molar-refractivity contribution in [3.05, 3.63) is 53.3 Å². The van der Waals surface area contributed by atoms with Gasteiger partial charge in [0.15, 0.2) is 5.69 Å². The number of hydrogen-bond acceptors (Lipinski definition) is 3. The largest absolute Gasteiger partial charge is 0.435 e. The number of piperidine rings is 1. The lowest BCUT2D eigenvalue weighted by Crippen LogP contribution is -2.46. The van der Waals surface area contributed by atoms with Crippen LogP contribution < -0.4 is 5.32 Å². The first-order chi connectivity index (χ1) is 12.8. The summed E-state index contributed by atoms with van der Waals surface area (Å²) in [6.07, 6.45) is -0.504. The molecule has 3 rings (SSSR count). The molecule has 1 amide bonds. The minimum atomic E-state index is -4.65. The first-order valence-corrected chi connectivity index (χ1v) is 9.01. The Kier molecular flexibility index (Phi) is 5.84. The fraction of sp³-hybridized carbons (Fsp3) is 0.474. The highest BCUT2D eigenvalue weighted by Gasteiger charge is 2.39. The maximum atomic E-state index is 13.1. The van der Waals surface area contributed by atoms with Crippen molar-refractivity contribution in [3.63, 3.8) is 0 Å². The topological polar surface area (TPSA) is 50.2 Å². The first kappa shape index (κ1) is 19.4. The van der Waals surface area contributed by atoms with Crippen LogP contribution in [0.2, 0.25) is 0 Å². The van der Waals surface area contributed by atoms with Crippen molar-refractivity contribution < 1.29 is 18.0 Å². The normalized spacial score (nSPS) is 18.4. The Hall–Kier alpha value is -2.35. The van der Waals surface area contributed by atoms with Gasteiger partial charge in [0.25, 0.3) is 5.91 Å². The molecule has 1 fully saturated rings. The van der Waals surface area contributed by atoms with Crippen LogP contribution in [0.3, 0.4) is 0 Å². The van der Waals surface area contributed by atoms with E-state index < -0.39 is 23.3 Å². The van der Waals surface area contributed by atoms with Crippen LogP contribution in [-0.2, 0) is 19.8 Å². The van der Waals surface area contributed by atoms with E-state index in [1.807, 2.05) is 18.2 Å². The molecule has 2 aromatic rings. The van der Waals surface area contributed by atoms with E-state index in [1.165, 1.54) is 12.6 Å². The molecule has 1 aliphatic heterocycles. The smallest absolute Gasteiger partial charge is 0.350 e. The molecule has 1 atom stereocenters. The van der Waals surface area contributed by atoms with Crippen LogP contribution in [0.25, 0.3) is 0 Å². The Morgan fingerprint density at radius 2 is 2.00 bits per heavy atom. The molecular formula is C19H23F3N4O. The average molecular weight is 380 g/mol. The molecular weight excluding hydrogens is 357 g/mol. The van der Waals surface area contributed by atoms with E-state index in [1.54, 1.807) is 0 Å². The number of aromatic nitrogens is 2. The molecule has 8 heteroatoms. The molecule has 0 saturated carbocycles. The number of hydrogen-bond donors (Lipinski definition) is 1. The lowest BCUT2D eigenvalue weighted by molar-refractivity contribution is -0.141. The number of aryl methyl sites for hydroxylation is 1. The molecule has 1 N–H and O–H groups in total. The predicted octanol–water partition coefficient (Wildman–Crippen LogP) is 3.22. The standard InChI is InChI=1S/C19H23F3N4O/c1-25-13-16(17(24-25)19(20,21)22)18(27)23-11-15-9-5-6-10-26(15)12-14-7-3-2-4-8-14/h2-4,7-8,13,15H,5-6,9-12H2,1H3,(H,23,27). The molecule has 1 aromatic heterocycles. The molecule has 0 bridgehead atoms. The summed E-state index contributed by atoms with van der Waals surface area (Å²) in [5.74, 6) is -0.736. The molecule has 5 nitrogen and oxygen atoms in total. The van der Waals surface area contributed by atoms with Crippen LogP contribution in [0.1, 0.15) is 40.9 Å². The zero-order valence-corrected chi connectivity index (χ0v) is 15.2. The van der Waals surface area contributed by atoms with Gasteiger partial charge in [-0.1, -0.05) is 36.8 Å². The van der Waals surface area contributed by atoms with Gasteiger partial charge in [-0.15, -0.1) is 0 Å². The molecule has 1 aromatic carbocycles. The summed E-state index contributed by atoms with van der Waals surface area (Å²) < 4.78 is 40.2. The van der Waals surface area contributed by atoms with E-state index in [9.17, 15) is 18.0 Å². The third kappa shape index (κ3) is 4.88. The third-order valence-corrected chi connectivity index (χ3v) is 4.82. The molecule has 27 heavy (non-hydrogen) atoms. The average Bonchev–Trinajstić information content (AvgIpc) is 3.04. The van der Waals surface area contributed by atoms with E-state index >= 15 is 0 Å². The Morgan fingerprint density at radius 3 is 2.70 bits per heavy atom. The zero-order valence-electron chi connectivity index (χ0n) is 15.2. The second-order valence-corrected chi connectivity index (χ2v) is 6.88. The Bertz CT molecular complexity index is 773. The highest BCUT2D eigenvalue weighted by Crippen LogP contribution is 2.30. The molecule has 1 saturated heterocycles. The van der Waals surface area contributed by atoms with Crippen molar-refractivity contribution in [1.29, 1.82) is 0 Å². The van der Waals surface area contributed by atoms with Gasteiger partial charge >= 0.3 is 6.18 Å². The number of carbonyl (C=O) groups is 1. The van der Waals surface area contributed by atoms with Crippen LogP contribution >= 0.6 is 0 Å². The Morgan fingerprint density at radius 1 is 1.26 bits per heavy atom. The molecule has 1 aliphatic rings. The lowest BCUT2D eigenvalue weighted by atomic mass is 10.0. The maximum Gasteiger partial charge on any atom is 0.435 e. The van der Waals surface area contributed by atoms with E-state index in [-0.39, 0.29) is 6.04 Å². The second-order valence-electron chi connectivity index (χ2n) is 6.88. The SMILES string of the molecule is Cn1cc(C(=O)NCC2CCCCN2Cc2ccccc2)c(C(F)(F)F)n1. The minimum Gasteiger partial charge on any atom is -0.350 e. The molecule has 146 valence electrons. The summed E-state index contributed by atoms with van der Waals surface area (Å²) in [6, 6.07) is 10.1. The molecule has 0 spiro atoms. The van der Waals surface area contributed by atoms with Crippen molar-refractivity contribution >= 4 is 5.91 Å². The monoisotopic (exact) mass is 380 g/mol. The quantitative estimate of drug-likeness (QED) is 0.867. The van der Waals surface area contributed by atoms with Gasteiger partial charge in [0.05, 0.1) is 5.56 Å². The van der Waals surface area contributed by atoms with Crippen LogP contribution in [0, 0.1) is 0 Å². The lowest BCUT2D eigenvalue weighted by Gasteiger charge is -2.35. The summed E-state index contributed by atoms with van der Waals surface area (Å²) in [7, 11) is 1.37. The summed E-state index contributed by atoms with van der Waals surface area (Å²) in [4.78, 5) is 14.6. The fourth-order valence-electron chi connectivity index (χ4n) is 3.49. The van der Waals surface area contributed by atoms with Gasteiger partial charge in [0.2, 0.25) is 0 Å². The molecule has 0 radical (unpaired) electrons. The van der Waals surface area contributed by atoms with Crippen LogP contribution in [-0.4, -0.2) is 39.7 Å². The van der Waals surface area contributed by atoms with Crippen molar-refractivity contribution in [2.75, 3.05) is 13.1 Å². The summed E-state index contributed by atoms with van der Waals surface area (Å²) in [5.41, 5.74) is -0.398. The van der Waals surface area contributed by atoms with E-state index in [4.69, 9.17) is 0 Å². The van der Waals surface area contributed by atoms with Gasteiger partial charge in [-0.3, -0.25) is 14.4 Å². The molecule has 2 heterocycles. The highest BCUT2D eigenvalue weighted by atomic mass is 19.4. The summed E-state index contributed by atoms with van der Waals surface area (Å²) >= 11 is 0. The second kappa shape index (κ2) is 8.12. The minimum absolute atomic E-state index is 0.105. The van der Waals surface area contributed by atoms with Gasteiger partial charge in [-0.2, -0.15) is 18.3 Å². The van der Waals surface area contributed by atoms with Gasteiger partial charge in [-0.05, 0) is 24.9 Å². The van der Waals surface area contributed by atoms with Crippen LogP contribution in [0.5, 0.6) is 0 Å². The molecule has 1 unspecified atom stereocenters. The Labute approximate surface area is 156 Å². The third-order valence-electron chi connectivity index (χ3n) is 4.82. The number of rotatable bonds is 5. The number of nitrogens with zero attached hydrogens (tertiary/aromatic N) is 3. The number of benzene rings is 1. The first-order valence-electron chi connectivity index (χ1n) is 9.01. The Balaban J connectivity index is 1.65. The van der Waals surface area contributed by atoms with Crippen molar-refractivity contribution in [3.8, 4) is 0 Å². The number of amides is 1. The maximum absolute atomic E-state index is 13.1. The number of halogens is 3. The number of likely N-dealkylation sites (tertiary alicyclic amines) is 1. The fourth-order valence-corrected chi connectivity index (χ4v) is 3.49. The van der Waals surface area contributed by atoms with E-state index in [2.05, 4.69) is 27.4 Å². The van der Waals surface area contributed by atoms with Crippen LogP contribution in [0.4, 0.5) is 13.2 Å². The van der Waals surface area contributed by atoms with Gasteiger partial charge in [-0.25, -0.2) is 0 Å². The highest BCUT2D eigenvalue weighted by molar-refractivity contribution is 5.95. The van der Waals surface area contributed by atoms with Gasteiger partial charge < -0.3 is 5.32 Å². The van der Waals surface area contributed by atoms with Gasteiger partial charge in [0, 0.05) is 32.4 Å². The predicted molar refractivity (Wildman–Crippen MR) is 95.0 cm³/mol. The molecule has 0 aliphatic carbocycles. The summed E-state index contributed by atoms with van der Waals surface area (Å²) in [5, 5.41) is 6.07. The summed E-state index contributed by atoms with van der Waals surface area (Å²) in [6.45, 7) is 2.00. The number of nitrogens with one attached hydrogen (secondary N) is 1. The van der Waals surface area contributed by atoms with Crippen LogP contribution in [0.15, 0.2) is 36.5 Å². The van der Waals surface area contributed by atoms with Crippen molar-refractivity contribution in [2.24, 2.45) is 7.05 Å². The number of alkyl halides is 3. The van der Waals surface area contributed by atoms with E-state index in [0.29, 0.717) is 6.54 Å².